The summed E-state index contributed by atoms with van der Waals surface area (Å²) in [6.45, 7) is 3.12. The molecule has 0 N–H and O–H groups in total. The Morgan fingerprint density at radius 2 is 1.58 bits per heavy atom. The van der Waals surface area contributed by atoms with E-state index in [1.54, 1.807) is 11.3 Å². The highest BCUT2D eigenvalue weighted by molar-refractivity contribution is 7.21. The van der Waals surface area contributed by atoms with Gasteiger partial charge in [0.15, 0.2) is 0 Å². The van der Waals surface area contributed by atoms with E-state index in [2.05, 4.69) is 138 Å². The van der Waals surface area contributed by atoms with Gasteiger partial charge in [-0.3, -0.25) is 0 Å². The van der Waals surface area contributed by atoms with Crippen LogP contribution in [-0.2, 0) is 0 Å². The van der Waals surface area contributed by atoms with E-state index in [9.17, 15) is 0 Å². The number of hydrogen-bond acceptors (Lipinski definition) is 5. The lowest BCUT2D eigenvalue weighted by atomic mass is 10.1. The Morgan fingerprint density at radius 1 is 0.861 bits per heavy atom. The molecule has 0 amide bonds. The quantitative estimate of drug-likeness (QED) is 0.242. The first-order valence-electron chi connectivity index (χ1n) is 12.3. The Morgan fingerprint density at radius 3 is 2.33 bits per heavy atom. The zero-order valence-electron chi connectivity index (χ0n) is 20.5. The molecule has 1 aromatic heterocycles. The number of para-hydroxylation sites is 3. The van der Waals surface area contributed by atoms with Gasteiger partial charge in [0.1, 0.15) is 11.2 Å². The SMILES string of the molecule is CCN1c2cc(-c3nc4ccccc4s3)ccc2N(c2ccccc2)C1C=CN(C)c1ccccc1. The highest BCUT2D eigenvalue weighted by Gasteiger charge is 2.35. The molecule has 178 valence electrons. The maximum absolute atomic E-state index is 4.91. The number of likely N-dealkylation sites (N-methyl/N-ethyl adjacent to an activating group) is 1. The average Bonchev–Trinajstić information content (AvgIpc) is 3.51. The second kappa shape index (κ2) is 9.51. The summed E-state index contributed by atoms with van der Waals surface area (Å²) in [6.07, 6.45) is 4.53. The van der Waals surface area contributed by atoms with Gasteiger partial charge in [-0.05, 0) is 67.6 Å². The van der Waals surface area contributed by atoms with E-state index >= 15 is 0 Å². The molecule has 5 aromatic rings. The van der Waals surface area contributed by atoms with Crippen molar-refractivity contribution in [2.75, 3.05) is 28.3 Å². The maximum atomic E-state index is 4.91. The van der Waals surface area contributed by atoms with E-state index in [-0.39, 0.29) is 6.17 Å². The lowest BCUT2D eigenvalue weighted by molar-refractivity contribution is 0.746. The maximum Gasteiger partial charge on any atom is 0.127 e. The first kappa shape index (κ1) is 22.4. The Hall–Kier alpha value is -4.09. The summed E-state index contributed by atoms with van der Waals surface area (Å²) in [4.78, 5) is 12.0. The number of thiazole rings is 1. The average molecular weight is 489 g/mol. The molecule has 1 unspecified atom stereocenters. The van der Waals surface area contributed by atoms with E-state index in [1.807, 2.05) is 6.07 Å². The minimum atomic E-state index is 0.0594. The van der Waals surface area contributed by atoms with E-state index in [0.29, 0.717) is 0 Å². The van der Waals surface area contributed by atoms with Gasteiger partial charge in [0.25, 0.3) is 0 Å². The van der Waals surface area contributed by atoms with Gasteiger partial charge >= 0.3 is 0 Å². The standard InChI is InChI=1S/C31H28N4S/c1-3-34-28-22-23(31-32-26-16-10-11-17-29(26)36-31)18-19-27(28)35(25-14-8-5-9-15-25)30(34)20-21-33(2)24-12-6-4-7-13-24/h4-22,30H,3H2,1-2H3. The molecule has 6 rings (SSSR count). The fraction of sp³-hybridized carbons (Fsp3) is 0.129. The lowest BCUT2D eigenvalue weighted by Gasteiger charge is -2.31. The van der Waals surface area contributed by atoms with Crippen molar-refractivity contribution in [1.29, 1.82) is 0 Å². The molecule has 4 aromatic carbocycles. The van der Waals surface area contributed by atoms with Crippen LogP contribution in [-0.4, -0.2) is 24.7 Å². The fourth-order valence-corrected chi connectivity index (χ4v) is 5.86. The second-order valence-corrected chi connectivity index (χ2v) is 9.91. The summed E-state index contributed by atoms with van der Waals surface area (Å²) in [7, 11) is 2.10. The van der Waals surface area contributed by atoms with Crippen molar-refractivity contribution < 1.29 is 0 Å². The summed E-state index contributed by atoms with van der Waals surface area (Å²) >= 11 is 1.75. The van der Waals surface area contributed by atoms with Crippen molar-refractivity contribution in [2.45, 2.75) is 13.1 Å². The zero-order chi connectivity index (χ0) is 24.5. The van der Waals surface area contributed by atoms with Crippen LogP contribution in [0.15, 0.2) is 115 Å². The van der Waals surface area contributed by atoms with Gasteiger partial charge in [0.05, 0.1) is 21.6 Å². The topological polar surface area (TPSA) is 22.6 Å². The van der Waals surface area contributed by atoms with Crippen molar-refractivity contribution in [3.8, 4) is 10.6 Å². The predicted octanol–water partition coefficient (Wildman–Crippen LogP) is 7.92. The molecule has 0 spiro atoms. The number of nitrogens with zero attached hydrogens (tertiary/aromatic N) is 4. The molecular formula is C31H28N4S. The Labute approximate surface area is 216 Å². The van der Waals surface area contributed by atoms with Crippen LogP contribution in [0.5, 0.6) is 0 Å². The van der Waals surface area contributed by atoms with E-state index in [0.717, 1.165) is 28.3 Å². The number of aromatic nitrogens is 1. The summed E-state index contributed by atoms with van der Waals surface area (Å²) in [6, 6.07) is 36.2. The third-order valence-electron chi connectivity index (χ3n) is 6.69. The van der Waals surface area contributed by atoms with Crippen LogP contribution >= 0.6 is 11.3 Å². The molecule has 0 saturated carbocycles. The normalized spacial score (nSPS) is 15.1. The molecule has 4 nitrogen and oxygen atoms in total. The van der Waals surface area contributed by atoms with Crippen molar-refractivity contribution >= 4 is 44.3 Å². The molecule has 0 bridgehead atoms. The van der Waals surface area contributed by atoms with Crippen molar-refractivity contribution in [1.82, 2.24) is 4.98 Å². The molecule has 0 saturated heterocycles. The Bertz CT molecular complexity index is 1480. The van der Waals surface area contributed by atoms with Crippen molar-refractivity contribution in [3.63, 3.8) is 0 Å². The van der Waals surface area contributed by atoms with Crippen LogP contribution < -0.4 is 14.7 Å². The molecule has 1 aliphatic heterocycles. The van der Waals surface area contributed by atoms with Gasteiger partial charge in [0, 0.05) is 36.7 Å². The number of anilines is 4. The third-order valence-corrected chi connectivity index (χ3v) is 7.77. The van der Waals surface area contributed by atoms with E-state index in [1.165, 1.54) is 21.8 Å². The molecule has 1 aliphatic rings. The van der Waals surface area contributed by atoms with Crippen LogP contribution in [0.2, 0.25) is 0 Å². The van der Waals surface area contributed by atoms with Gasteiger partial charge in [-0.25, -0.2) is 4.98 Å². The molecular weight excluding hydrogens is 460 g/mol. The second-order valence-electron chi connectivity index (χ2n) is 8.88. The van der Waals surface area contributed by atoms with Crippen LogP contribution in [0.1, 0.15) is 6.92 Å². The van der Waals surface area contributed by atoms with Gasteiger partial charge in [0.2, 0.25) is 0 Å². The van der Waals surface area contributed by atoms with Crippen molar-refractivity contribution in [2.24, 2.45) is 0 Å². The fourth-order valence-electron chi connectivity index (χ4n) is 4.89. The number of rotatable bonds is 6. The number of benzene rings is 4. The molecule has 2 heterocycles. The van der Waals surface area contributed by atoms with Crippen molar-refractivity contribution in [3.05, 3.63) is 115 Å². The zero-order valence-corrected chi connectivity index (χ0v) is 21.3. The molecule has 36 heavy (non-hydrogen) atoms. The van der Waals surface area contributed by atoms with Gasteiger partial charge in [-0.1, -0.05) is 48.5 Å². The summed E-state index contributed by atoms with van der Waals surface area (Å²) in [5, 5.41) is 1.06. The Kier molecular flexibility index (Phi) is 5.91. The monoisotopic (exact) mass is 488 g/mol. The molecule has 0 radical (unpaired) electrons. The largest absolute Gasteiger partial charge is 0.351 e. The molecule has 0 fully saturated rings. The van der Waals surface area contributed by atoms with Crippen LogP contribution in [0.3, 0.4) is 0 Å². The van der Waals surface area contributed by atoms with E-state index in [4.69, 9.17) is 4.98 Å². The predicted molar refractivity (Wildman–Crippen MR) is 154 cm³/mol. The van der Waals surface area contributed by atoms with Gasteiger partial charge in [-0.15, -0.1) is 11.3 Å². The minimum absolute atomic E-state index is 0.0594. The molecule has 1 atom stereocenters. The number of hydrogen-bond donors (Lipinski definition) is 0. The minimum Gasteiger partial charge on any atom is -0.351 e. The lowest BCUT2D eigenvalue weighted by Crippen LogP contribution is -2.39. The van der Waals surface area contributed by atoms with Gasteiger partial charge in [-0.2, -0.15) is 0 Å². The van der Waals surface area contributed by atoms with Crippen LogP contribution in [0.4, 0.5) is 22.7 Å². The summed E-state index contributed by atoms with van der Waals surface area (Å²) < 4.78 is 1.22. The summed E-state index contributed by atoms with van der Waals surface area (Å²) in [5.41, 5.74) is 7.00. The smallest absolute Gasteiger partial charge is 0.127 e. The number of fused-ring (bicyclic) bond motifs is 2. The highest BCUT2D eigenvalue weighted by atomic mass is 32.1. The third kappa shape index (κ3) is 4.01. The van der Waals surface area contributed by atoms with Gasteiger partial charge < -0.3 is 14.7 Å². The first-order valence-corrected chi connectivity index (χ1v) is 13.1. The molecule has 0 aliphatic carbocycles. The van der Waals surface area contributed by atoms with Crippen LogP contribution in [0, 0.1) is 0 Å². The highest BCUT2D eigenvalue weighted by Crippen LogP contribution is 2.46. The summed E-state index contributed by atoms with van der Waals surface area (Å²) in [5.74, 6) is 0. The van der Waals surface area contributed by atoms with E-state index < -0.39 is 0 Å². The van der Waals surface area contributed by atoms with Crippen LogP contribution in [0.25, 0.3) is 20.8 Å². The first-order chi connectivity index (χ1) is 17.7. The Balaban J connectivity index is 1.42. The molecule has 5 heteroatoms.